The van der Waals surface area contributed by atoms with Crippen molar-refractivity contribution in [2.75, 3.05) is 42.6 Å². The van der Waals surface area contributed by atoms with E-state index >= 15 is 0 Å². The summed E-state index contributed by atoms with van der Waals surface area (Å²) in [6.07, 6.45) is -4.60. The van der Waals surface area contributed by atoms with Crippen LogP contribution in [-0.2, 0) is 11.3 Å². The van der Waals surface area contributed by atoms with Crippen molar-refractivity contribution in [2.24, 2.45) is 0 Å². The predicted octanol–water partition coefficient (Wildman–Crippen LogP) is 0.992. The Balaban J connectivity index is 2.09. The quantitative estimate of drug-likeness (QED) is 0.849. The molecule has 0 saturated carbocycles. The molecule has 146 valence electrons. The smallest absolute Gasteiger partial charge is 0.389 e. The maximum atomic E-state index is 13.8. The number of halogens is 3. The second-order valence-electron chi connectivity index (χ2n) is 7.61. The highest BCUT2D eigenvalue weighted by atomic mass is 19.4. The average molecular weight is 376 g/mol. The normalized spacial score (nSPS) is 24.1. The summed E-state index contributed by atoms with van der Waals surface area (Å²) in [5.74, 6) is 0.262. The number of ether oxygens (including phenoxy) is 1. The number of morpholine rings is 1. The minimum Gasteiger partial charge on any atom is -0.389 e. The zero-order valence-electron chi connectivity index (χ0n) is 15.0. The molecule has 0 bridgehead atoms. The molecule has 0 radical (unpaired) electrons. The summed E-state index contributed by atoms with van der Waals surface area (Å²) in [7, 11) is 0. The molecule has 3 heterocycles. The molecule has 1 aromatic rings. The number of β-amino-alcohol motifs (C(OH)–C–C–N with tert-alkyl or cyclic N) is 1. The Morgan fingerprint density at radius 1 is 1.31 bits per heavy atom. The second-order valence-corrected chi connectivity index (χ2v) is 7.61. The third-order valence-corrected chi connectivity index (χ3v) is 4.77. The lowest BCUT2D eigenvalue weighted by molar-refractivity contribution is -0.183. The molecular weight excluding hydrogens is 353 g/mol. The first-order chi connectivity index (χ1) is 11.9. The molecule has 0 aliphatic carbocycles. The van der Waals surface area contributed by atoms with Gasteiger partial charge in [0.15, 0.2) is 5.54 Å². The summed E-state index contributed by atoms with van der Waals surface area (Å²) in [6.45, 7) is 4.98. The Bertz CT molecular complexity index is 738. The van der Waals surface area contributed by atoms with E-state index in [2.05, 4.69) is 4.98 Å². The number of hydrogen-bond acceptors (Lipinski definition) is 6. The van der Waals surface area contributed by atoms with Gasteiger partial charge in [0, 0.05) is 19.2 Å². The fourth-order valence-corrected chi connectivity index (χ4v) is 3.28. The van der Waals surface area contributed by atoms with Crippen LogP contribution in [-0.4, -0.2) is 64.8 Å². The van der Waals surface area contributed by atoms with Crippen LogP contribution >= 0.6 is 0 Å². The van der Waals surface area contributed by atoms with E-state index in [0.717, 1.165) is 16.4 Å². The van der Waals surface area contributed by atoms with Gasteiger partial charge in [-0.05, 0) is 20.8 Å². The number of alkyl halides is 3. The number of fused-ring (bicyclic) bond motifs is 1. The van der Waals surface area contributed by atoms with Crippen LogP contribution in [0.3, 0.4) is 0 Å². The molecule has 1 saturated heterocycles. The SMILES string of the molecule is CC(C)(O)CN1c2nc(N3CCOCC3)cc(=O)n2C[C@@]1(C)C(F)(F)F. The fourth-order valence-electron chi connectivity index (χ4n) is 3.28. The molecule has 3 rings (SSSR count). The van der Waals surface area contributed by atoms with Crippen LogP contribution in [0, 0.1) is 0 Å². The van der Waals surface area contributed by atoms with E-state index in [-0.39, 0.29) is 12.5 Å². The van der Waals surface area contributed by atoms with E-state index in [1.807, 2.05) is 4.90 Å². The van der Waals surface area contributed by atoms with Gasteiger partial charge in [-0.3, -0.25) is 9.36 Å². The molecule has 1 N–H and O–H groups in total. The van der Waals surface area contributed by atoms with E-state index in [9.17, 15) is 23.1 Å². The van der Waals surface area contributed by atoms with Gasteiger partial charge < -0.3 is 19.6 Å². The first-order valence-corrected chi connectivity index (χ1v) is 8.44. The van der Waals surface area contributed by atoms with Gasteiger partial charge in [-0.15, -0.1) is 0 Å². The van der Waals surface area contributed by atoms with Gasteiger partial charge in [0.05, 0.1) is 31.9 Å². The van der Waals surface area contributed by atoms with E-state index in [1.165, 1.54) is 19.9 Å². The van der Waals surface area contributed by atoms with Crippen molar-refractivity contribution in [3.63, 3.8) is 0 Å². The second kappa shape index (κ2) is 6.12. The van der Waals surface area contributed by atoms with Crippen molar-refractivity contribution in [1.29, 1.82) is 0 Å². The Labute approximate surface area is 149 Å². The van der Waals surface area contributed by atoms with Gasteiger partial charge in [-0.1, -0.05) is 0 Å². The maximum absolute atomic E-state index is 13.8. The monoisotopic (exact) mass is 376 g/mol. The molecule has 7 nitrogen and oxygen atoms in total. The van der Waals surface area contributed by atoms with Gasteiger partial charge in [-0.2, -0.15) is 18.2 Å². The van der Waals surface area contributed by atoms with E-state index < -0.39 is 29.4 Å². The lowest BCUT2D eigenvalue weighted by Crippen LogP contribution is -2.59. The highest BCUT2D eigenvalue weighted by molar-refractivity contribution is 5.50. The van der Waals surface area contributed by atoms with Gasteiger partial charge in [-0.25, -0.2) is 0 Å². The Morgan fingerprint density at radius 3 is 2.46 bits per heavy atom. The van der Waals surface area contributed by atoms with Crippen LogP contribution in [0.2, 0.25) is 0 Å². The van der Waals surface area contributed by atoms with Crippen LogP contribution in [0.25, 0.3) is 0 Å². The van der Waals surface area contributed by atoms with Crippen molar-refractivity contribution >= 4 is 11.8 Å². The van der Waals surface area contributed by atoms with Crippen molar-refractivity contribution in [3.05, 3.63) is 16.4 Å². The van der Waals surface area contributed by atoms with Crippen LogP contribution in [0.15, 0.2) is 10.9 Å². The predicted molar refractivity (Wildman–Crippen MR) is 89.6 cm³/mol. The van der Waals surface area contributed by atoms with E-state index in [0.29, 0.717) is 32.1 Å². The van der Waals surface area contributed by atoms with Crippen LogP contribution in [0.4, 0.5) is 24.9 Å². The standard InChI is InChI=1S/C16H23F3N4O3/c1-14(2,25)9-23-13-20-11(21-4-6-26-7-5-21)8-12(24)22(13)10-15(23,3)16(17,18)19/h8,25H,4-7,9-10H2,1-3H3/t15-/m0/s1. The van der Waals surface area contributed by atoms with Gasteiger partial charge >= 0.3 is 6.18 Å². The molecule has 1 fully saturated rings. The maximum Gasteiger partial charge on any atom is 0.413 e. The number of anilines is 2. The lowest BCUT2D eigenvalue weighted by Gasteiger charge is -2.39. The minimum absolute atomic E-state index is 0.0686. The summed E-state index contributed by atoms with van der Waals surface area (Å²) in [5.41, 5.74) is -4.25. The Hall–Kier alpha value is -1.81. The number of rotatable bonds is 3. The van der Waals surface area contributed by atoms with Gasteiger partial charge in [0.25, 0.3) is 5.56 Å². The van der Waals surface area contributed by atoms with Crippen molar-refractivity contribution in [3.8, 4) is 0 Å². The van der Waals surface area contributed by atoms with Crippen LogP contribution in [0.1, 0.15) is 20.8 Å². The molecule has 26 heavy (non-hydrogen) atoms. The molecule has 2 aliphatic heterocycles. The summed E-state index contributed by atoms with van der Waals surface area (Å²) in [4.78, 5) is 19.7. The van der Waals surface area contributed by atoms with Crippen molar-refractivity contribution in [2.45, 2.75) is 44.6 Å². The number of aromatic nitrogens is 2. The third-order valence-electron chi connectivity index (χ3n) is 4.77. The summed E-state index contributed by atoms with van der Waals surface area (Å²) < 4.78 is 47.8. The van der Waals surface area contributed by atoms with Gasteiger partial charge in [0.1, 0.15) is 5.82 Å². The largest absolute Gasteiger partial charge is 0.413 e. The zero-order valence-corrected chi connectivity index (χ0v) is 15.0. The number of aliphatic hydroxyl groups is 1. The number of nitrogens with zero attached hydrogens (tertiary/aromatic N) is 4. The Morgan fingerprint density at radius 2 is 1.92 bits per heavy atom. The molecule has 0 amide bonds. The molecule has 1 aromatic heterocycles. The molecule has 0 unspecified atom stereocenters. The highest BCUT2D eigenvalue weighted by Gasteiger charge is 2.60. The fraction of sp³-hybridized carbons (Fsp3) is 0.750. The van der Waals surface area contributed by atoms with Crippen molar-refractivity contribution < 1.29 is 23.0 Å². The molecule has 1 atom stereocenters. The van der Waals surface area contributed by atoms with Crippen LogP contribution < -0.4 is 15.4 Å². The van der Waals surface area contributed by atoms with E-state index in [4.69, 9.17) is 4.74 Å². The van der Waals surface area contributed by atoms with Crippen molar-refractivity contribution in [1.82, 2.24) is 9.55 Å². The average Bonchev–Trinajstić information content (AvgIpc) is 2.81. The lowest BCUT2D eigenvalue weighted by atomic mass is 9.98. The minimum atomic E-state index is -4.60. The Kier molecular flexibility index (Phi) is 4.47. The van der Waals surface area contributed by atoms with Crippen LogP contribution in [0.5, 0.6) is 0 Å². The van der Waals surface area contributed by atoms with Gasteiger partial charge in [0.2, 0.25) is 5.95 Å². The molecular formula is C16H23F3N4O3. The summed E-state index contributed by atoms with van der Waals surface area (Å²) in [6, 6.07) is 1.26. The molecule has 0 aromatic carbocycles. The number of hydrogen-bond donors (Lipinski definition) is 1. The first kappa shape index (κ1) is 19.0. The zero-order chi connectivity index (χ0) is 19.3. The van der Waals surface area contributed by atoms with E-state index in [1.54, 1.807) is 0 Å². The third kappa shape index (κ3) is 3.27. The summed E-state index contributed by atoms with van der Waals surface area (Å²) >= 11 is 0. The molecule has 0 spiro atoms. The topological polar surface area (TPSA) is 70.8 Å². The first-order valence-electron chi connectivity index (χ1n) is 8.44. The summed E-state index contributed by atoms with van der Waals surface area (Å²) in [5, 5.41) is 10.1. The molecule has 2 aliphatic rings. The highest BCUT2D eigenvalue weighted by Crippen LogP contribution is 2.43. The molecule has 10 heteroatoms.